The smallest absolute Gasteiger partial charge is 0.325 e. The summed E-state index contributed by atoms with van der Waals surface area (Å²) in [6, 6.07) is -0.647. The number of carbonyl (C=O) groups is 3. The molecule has 2 fully saturated rings. The zero-order chi connectivity index (χ0) is 13.3. The highest BCUT2D eigenvalue weighted by Crippen LogP contribution is 2.35. The number of carbonyl (C=O) groups excluding carboxylic acids is 2. The third kappa shape index (κ3) is 1.84. The van der Waals surface area contributed by atoms with Crippen LogP contribution in [0, 0.1) is 0 Å². The van der Waals surface area contributed by atoms with Gasteiger partial charge in [-0.15, -0.1) is 0 Å². The van der Waals surface area contributed by atoms with Crippen LogP contribution in [0.4, 0.5) is 4.79 Å². The number of imide groups is 1. The molecule has 1 spiro atoms. The van der Waals surface area contributed by atoms with Gasteiger partial charge in [0.2, 0.25) is 0 Å². The van der Waals surface area contributed by atoms with Crippen molar-refractivity contribution < 1.29 is 24.2 Å². The number of rotatable bonds is 3. The van der Waals surface area contributed by atoms with E-state index >= 15 is 0 Å². The summed E-state index contributed by atoms with van der Waals surface area (Å²) in [6.07, 6.45) is 2.53. The Morgan fingerprint density at radius 1 is 1.56 bits per heavy atom. The Bertz CT molecular complexity index is 397. The van der Waals surface area contributed by atoms with Gasteiger partial charge in [-0.3, -0.25) is 14.5 Å². The Morgan fingerprint density at radius 2 is 2.28 bits per heavy atom. The molecule has 7 nitrogen and oxygen atoms in total. The molecule has 0 bridgehead atoms. The number of nitrogens with zero attached hydrogens (tertiary/aromatic N) is 1. The molecule has 2 rings (SSSR count). The van der Waals surface area contributed by atoms with E-state index in [1.165, 1.54) is 7.11 Å². The van der Waals surface area contributed by atoms with E-state index in [0.717, 1.165) is 17.7 Å². The maximum Gasteiger partial charge on any atom is 0.325 e. The van der Waals surface area contributed by atoms with Gasteiger partial charge in [0, 0.05) is 7.11 Å². The van der Waals surface area contributed by atoms with Crippen molar-refractivity contribution in [1.29, 1.82) is 0 Å². The SMILES string of the molecule is COC1CCCCC12NC(=O)N(CC(=O)O)C2=O. The number of urea groups is 1. The van der Waals surface area contributed by atoms with Crippen molar-refractivity contribution in [2.75, 3.05) is 13.7 Å². The summed E-state index contributed by atoms with van der Waals surface area (Å²) in [5, 5.41) is 11.3. The Hall–Kier alpha value is -1.63. The first-order valence-electron chi connectivity index (χ1n) is 5.90. The van der Waals surface area contributed by atoms with Crippen LogP contribution in [0.15, 0.2) is 0 Å². The monoisotopic (exact) mass is 256 g/mol. The average Bonchev–Trinajstić information content (AvgIpc) is 2.55. The van der Waals surface area contributed by atoms with Gasteiger partial charge in [0.1, 0.15) is 12.1 Å². The first kappa shape index (κ1) is 12.8. The predicted octanol–water partition coefficient (Wildman–Crippen LogP) is -0.0494. The fourth-order valence-corrected chi connectivity index (χ4v) is 2.77. The van der Waals surface area contributed by atoms with Crippen LogP contribution in [0.1, 0.15) is 25.7 Å². The Labute approximate surface area is 104 Å². The second-order valence-electron chi connectivity index (χ2n) is 4.66. The van der Waals surface area contributed by atoms with Gasteiger partial charge in [0.15, 0.2) is 0 Å². The molecule has 2 aliphatic rings. The molecule has 3 amide bonds. The molecule has 2 N–H and O–H groups in total. The highest BCUT2D eigenvalue weighted by molar-refractivity contribution is 6.09. The van der Waals surface area contributed by atoms with Crippen LogP contribution in [0.5, 0.6) is 0 Å². The molecule has 2 atom stereocenters. The van der Waals surface area contributed by atoms with Gasteiger partial charge in [0.25, 0.3) is 5.91 Å². The quantitative estimate of drug-likeness (QED) is 0.690. The predicted molar refractivity (Wildman–Crippen MR) is 59.9 cm³/mol. The first-order valence-corrected chi connectivity index (χ1v) is 5.90. The first-order chi connectivity index (χ1) is 8.51. The van der Waals surface area contributed by atoms with Gasteiger partial charge in [-0.2, -0.15) is 0 Å². The third-order valence-corrected chi connectivity index (χ3v) is 3.62. The van der Waals surface area contributed by atoms with E-state index in [9.17, 15) is 14.4 Å². The number of methoxy groups -OCH3 is 1. The van der Waals surface area contributed by atoms with Crippen LogP contribution in [-0.2, 0) is 14.3 Å². The zero-order valence-corrected chi connectivity index (χ0v) is 10.1. The van der Waals surface area contributed by atoms with E-state index < -0.39 is 30.0 Å². The number of hydrogen-bond donors (Lipinski definition) is 2. The van der Waals surface area contributed by atoms with Crippen molar-refractivity contribution in [2.45, 2.75) is 37.3 Å². The van der Waals surface area contributed by atoms with Crippen molar-refractivity contribution in [2.24, 2.45) is 0 Å². The molecule has 100 valence electrons. The highest BCUT2D eigenvalue weighted by Gasteiger charge is 2.57. The molecule has 0 radical (unpaired) electrons. The highest BCUT2D eigenvalue weighted by atomic mass is 16.5. The van der Waals surface area contributed by atoms with Gasteiger partial charge in [-0.25, -0.2) is 4.79 Å². The number of hydrogen-bond acceptors (Lipinski definition) is 4. The lowest BCUT2D eigenvalue weighted by Gasteiger charge is -2.37. The maximum absolute atomic E-state index is 12.3. The van der Waals surface area contributed by atoms with E-state index in [0.29, 0.717) is 12.8 Å². The number of nitrogens with one attached hydrogen (secondary N) is 1. The number of ether oxygens (including phenoxy) is 1. The summed E-state index contributed by atoms with van der Waals surface area (Å²) in [5.74, 6) is -1.69. The fourth-order valence-electron chi connectivity index (χ4n) is 2.77. The van der Waals surface area contributed by atoms with Crippen molar-refractivity contribution >= 4 is 17.9 Å². The fraction of sp³-hybridized carbons (Fsp3) is 0.727. The summed E-state index contributed by atoms with van der Waals surface area (Å²) in [4.78, 5) is 35.4. The van der Waals surface area contributed by atoms with Crippen LogP contribution in [0.2, 0.25) is 0 Å². The molecule has 7 heteroatoms. The van der Waals surface area contributed by atoms with Crippen molar-refractivity contribution in [3.8, 4) is 0 Å². The van der Waals surface area contributed by atoms with Gasteiger partial charge in [-0.1, -0.05) is 12.8 Å². The molecule has 18 heavy (non-hydrogen) atoms. The van der Waals surface area contributed by atoms with Crippen LogP contribution in [0.3, 0.4) is 0 Å². The summed E-state index contributed by atoms with van der Waals surface area (Å²) < 4.78 is 5.29. The summed E-state index contributed by atoms with van der Waals surface area (Å²) >= 11 is 0. The number of amides is 3. The lowest BCUT2D eigenvalue weighted by molar-refractivity contribution is -0.145. The summed E-state index contributed by atoms with van der Waals surface area (Å²) in [5.41, 5.74) is -1.07. The third-order valence-electron chi connectivity index (χ3n) is 3.62. The Balaban J connectivity index is 2.26. The van der Waals surface area contributed by atoms with E-state index in [4.69, 9.17) is 9.84 Å². The lowest BCUT2D eigenvalue weighted by Crippen LogP contribution is -2.58. The second-order valence-corrected chi connectivity index (χ2v) is 4.66. The molecule has 1 heterocycles. The molecule has 0 aromatic rings. The maximum atomic E-state index is 12.3. The molecule has 2 unspecified atom stereocenters. The van der Waals surface area contributed by atoms with Gasteiger partial charge in [0.05, 0.1) is 6.10 Å². The zero-order valence-electron chi connectivity index (χ0n) is 10.1. The van der Waals surface area contributed by atoms with Crippen molar-refractivity contribution in [1.82, 2.24) is 10.2 Å². The molecule has 1 aliphatic carbocycles. The van der Waals surface area contributed by atoms with E-state index in [1.807, 2.05) is 0 Å². The normalized spacial score (nSPS) is 31.8. The molecule has 0 aromatic heterocycles. The van der Waals surface area contributed by atoms with E-state index in [1.54, 1.807) is 0 Å². The summed E-state index contributed by atoms with van der Waals surface area (Å²) in [6.45, 7) is -0.608. The Kier molecular flexibility index (Phi) is 3.25. The van der Waals surface area contributed by atoms with Gasteiger partial charge in [-0.05, 0) is 12.8 Å². The molecular formula is C11H16N2O5. The minimum absolute atomic E-state index is 0.388. The molecule has 1 aliphatic heterocycles. The lowest BCUT2D eigenvalue weighted by atomic mass is 9.79. The van der Waals surface area contributed by atoms with Crippen LogP contribution in [-0.4, -0.2) is 53.2 Å². The molecule has 1 saturated carbocycles. The largest absolute Gasteiger partial charge is 0.480 e. The molecule has 1 saturated heterocycles. The summed E-state index contributed by atoms with van der Waals surface area (Å²) in [7, 11) is 1.50. The number of carboxylic acid groups (broad SMARTS) is 1. The topological polar surface area (TPSA) is 95.9 Å². The molecule has 0 aromatic carbocycles. The molecular weight excluding hydrogens is 240 g/mol. The van der Waals surface area contributed by atoms with Crippen molar-refractivity contribution in [3.63, 3.8) is 0 Å². The van der Waals surface area contributed by atoms with Gasteiger partial charge < -0.3 is 15.2 Å². The Morgan fingerprint density at radius 3 is 2.89 bits per heavy atom. The average molecular weight is 256 g/mol. The van der Waals surface area contributed by atoms with Gasteiger partial charge >= 0.3 is 12.0 Å². The van der Waals surface area contributed by atoms with E-state index in [-0.39, 0.29) is 6.10 Å². The minimum Gasteiger partial charge on any atom is -0.480 e. The van der Waals surface area contributed by atoms with Crippen LogP contribution < -0.4 is 5.32 Å². The van der Waals surface area contributed by atoms with Crippen LogP contribution >= 0.6 is 0 Å². The van der Waals surface area contributed by atoms with E-state index in [2.05, 4.69) is 5.32 Å². The van der Waals surface area contributed by atoms with Crippen LogP contribution in [0.25, 0.3) is 0 Å². The number of aliphatic carboxylic acids is 1. The van der Waals surface area contributed by atoms with Crippen molar-refractivity contribution in [3.05, 3.63) is 0 Å². The second kappa shape index (κ2) is 4.56. The number of carboxylic acids is 1. The standard InChI is InChI=1S/C11H16N2O5/c1-18-7-4-2-3-5-11(7)9(16)13(6-8(14)15)10(17)12-11/h7H,2-6H2,1H3,(H,12,17)(H,14,15). The minimum atomic E-state index is -1.21.